The van der Waals surface area contributed by atoms with E-state index < -0.39 is 11.1 Å². The molecule has 166 valence electrons. The summed E-state index contributed by atoms with van der Waals surface area (Å²) in [5, 5.41) is 20.4. The standard InChI is InChI=1S/C27H30N2O3/c1-25(2,3)18-7-10-22-17(15-18)13-14-27(32-22)26(4,5)20-16-19(8-9-21(20)28(27)6)29-23(30)11-12-24(29)31/h7-16,30-31H,1-6H3. The smallest absolute Gasteiger partial charge is 0.211 e. The zero-order chi connectivity index (χ0) is 23.1. The second-order valence-corrected chi connectivity index (χ2v) is 10.4. The van der Waals surface area contributed by atoms with Crippen molar-refractivity contribution < 1.29 is 14.9 Å². The molecule has 3 heterocycles. The van der Waals surface area contributed by atoms with E-state index in [-0.39, 0.29) is 17.2 Å². The lowest BCUT2D eigenvalue weighted by Gasteiger charge is -2.46. The second kappa shape index (κ2) is 6.35. The normalized spacial score (nSPS) is 20.9. The summed E-state index contributed by atoms with van der Waals surface area (Å²) in [6.45, 7) is 11.0. The Morgan fingerprint density at radius 3 is 2.25 bits per heavy atom. The van der Waals surface area contributed by atoms with Crippen LogP contribution in [-0.4, -0.2) is 27.6 Å². The van der Waals surface area contributed by atoms with Crippen molar-refractivity contribution in [2.75, 3.05) is 11.9 Å². The van der Waals surface area contributed by atoms with Gasteiger partial charge in [0.05, 0.1) is 11.1 Å². The van der Waals surface area contributed by atoms with Crippen molar-refractivity contribution in [3.8, 4) is 23.2 Å². The molecule has 2 aliphatic heterocycles. The molecule has 0 amide bonds. The summed E-state index contributed by atoms with van der Waals surface area (Å²) in [5.74, 6) is 0.867. The van der Waals surface area contributed by atoms with E-state index in [4.69, 9.17) is 4.74 Å². The summed E-state index contributed by atoms with van der Waals surface area (Å²) in [6, 6.07) is 15.4. The molecule has 3 aromatic rings. The Kier molecular flexibility index (Phi) is 4.08. The van der Waals surface area contributed by atoms with Crippen LogP contribution in [0.2, 0.25) is 0 Å². The van der Waals surface area contributed by atoms with Crippen LogP contribution in [0.25, 0.3) is 11.8 Å². The molecule has 32 heavy (non-hydrogen) atoms. The summed E-state index contributed by atoms with van der Waals surface area (Å²) < 4.78 is 8.20. The Balaban J connectivity index is 1.60. The first-order chi connectivity index (χ1) is 15.0. The molecule has 0 saturated carbocycles. The van der Waals surface area contributed by atoms with Crippen molar-refractivity contribution in [2.24, 2.45) is 0 Å². The Morgan fingerprint density at radius 1 is 0.906 bits per heavy atom. The van der Waals surface area contributed by atoms with Crippen molar-refractivity contribution in [3.05, 3.63) is 71.3 Å². The van der Waals surface area contributed by atoms with Crippen molar-refractivity contribution >= 4 is 11.8 Å². The van der Waals surface area contributed by atoms with E-state index in [1.165, 1.54) is 22.3 Å². The molecular weight excluding hydrogens is 400 g/mol. The molecular formula is C27H30N2O3. The molecule has 5 heteroatoms. The third-order valence-corrected chi connectivity index (χ3v) is 7.14. The van der Waals surface area contributed by atoms with E-state index in [9.17, 15) is 10.2 Å². The second-order valence-electron chi connectivity index (χ2n) is 10.4. The first-order valence-electron chi connectivity index (χ1n) is 11.0. The van der Waals surface area contributed by atoms with E-state index in [0.717, 1.165) is 22.6 Å². The lowest BCUT2D eigenvalue weighted by Crippen LogP contribution is -2.58. The maximum absolute atomic E-state index is 10.2. The molecule has 2 aliphatic rings. The van der Waals surface area contributed by atoms with E-state index >= 15 is 0 Å². The minimum atomic E-state index is -0.690. The van der Waals surface area contributed by atoms with Gasteiger partial charge in [-0.05, 0) is 72.9 Å². The predicted octanol–water partition coefficient (Wildman–Crippen LogP) is 5.72. The van der Waals surface area contributed by atoms with Crippen LogP contribution in [0.5, 0.6) is 17.5 Å². The molecule has 2 aromatic carbocycles. The number of hydrogen-bond donors (Lipinski definition) is 2. The molecule has 0 bridgehead atoms. The van der Waals surface area contributed by atoms with Gasteiger partial charge in [0.1, 0.15) is 5.75 Å². The van der Waals surface area contributed by atoms with Gasteiger partial charge in [-0.3, -0.25) is 4.57 Å². The fraction of sp³-hybridized carbons (Fsp3) is 0.333. The number of benzene rings is 2. The number of hydrogen-bond acceptors (Lipinski definition) is 4. The van der Waals surface area contributed by atoms with Gasteiger partial charge in [0.2, 0.25) is 5.72 Å². The first kappa shape index (κ1) is 20.6. The maximum Gasteiger partial charge on any atom is 0.211 e. The summed E-state index contributed by atoms with van der Waals surface area (Å²) >= 11 is 0. The highest BCUT2D eigenvalue weighted by Crippen LogP contribution is 2.55. The number of anilines is 1. The number of aromatic hydroxyl groups is 2. The van der Waals surface area contributed by atoms with Gasteiger partial charge in [0.15, 0.2) is 11.8 Å². The first-order valence-corrected chi connectivity index (χ1v) is 11.0. The number of ether oxygens (including phenoxy) is 1. The monoisotopic (exact) mass is 430 g/mol. The molecule has 1 spiro atoms. The molecule has 5 nitrogen and oxygen atoms in total. The average molecular weight is 431 g/mol. The molecule has 0 aliphatic carbocycles. The number of likely N-dealkylation sites (N-methyl/N-ethyl adjacent to an activating group) is 1. The molecule has 5 rings (SSSR count). The predicted molar refractivity (Wildman–Crippen MR) is 128 cm³/mol. The van der Waals surface area contributed by atoms with Gasteiger partial charge in [0, 0.05) is 30.4 Å². The van der Waals surface area contributed by atoms with E-state index in [0.29, 0.717) is 5.69 Å². The fourth-order valence-electron chi connectivity index (χ4n) is 5.09. The van der Waals surface area contributed by atoms with Gasteiger partial charge in [-0.1, -0.05) is 26.8 Å². The maximum atomic E-state index is 10.2. The van der Waals surface area contributed by atoms with Crippen LogP contribution in [0.4, 0.5) is 5.69 Å². The van der Waals surface area contributed by atoms with Crippen molar-refractivity contribution in [2.45, 2.75) is 51.2 Å². The molecule has 0 radical (unpaired) electrons. The Hall–Kier alpha value is -3.34. The molecule has 0 fully saturated rings. The Bertz CT molecular complexity index is 1240. The van der Waals surface area contributed by atoms with Crippen LogP contribution in [0, 0.1) is 0 Å². The van der Waals surface area contributed by atoms with E-state index in [1.807, 2.05) is 18.2 Å². The van der Waals surface area contributed by atoms with Gasteiger partial charge in [-0.15, -0.1) is 0 Å². The topological polar surface area (TPSA) is 57.9 Å². The SMILES string of the molecule is CN1c2ccc(-n3c(O)ccc3O)cc2C(C)(C)C12C=Cc1cc(C(C)(C)C)ccc1O2. The average Bonchev–Trinajstić information content (AvgIpc) is 3.15. The third-order valence-electron chi connectivity index (χ3n) is 7.14. The van der Waals surface area contributed by atoms with Crippen molar-refractivity contribution in [1.29, 1.82) is 0 Å². The van der Waals surface area contributed by atoms with Gasteiger partial charge >= 0.3 is 0 Å². The zero-order valence-electron chi connectivity index (χ0n) is 19.5. The lowest BCUT2D eigenvalue weighted by molar-refractivity contribution is 0.0581. The molecule has 0 saturated heterocycles. The highest BCUT2D eigenvalue weighted by molar-refractivity contribution is 5.73. The lowest BCUT2D eigenvalue weighted by atomic mass is 9.76. The van der Waals surface area contributed by atoms with Crippen molar-refractivity contribution in [1.82, 2.24) is 4.57 Å². The van der Waals surface area contributed by atoms with Crippen LogP contribution in [0.1, 0.15) is 51.3 Å². The van der Waals surface area contributed by atoms with Crippen LogP contribution in [-0.2, 0) is 10.8 Å². The van der Waals surface area contributed by atoms with E-state index in [2.05, 4.69) is 76.9 Å². The third kappa shape index (κ3) is 2.63. The highest BCUT2D eigenvalue weighted by atomic mass is 16.5. The van der Waals surface area contributed by atoms with Gasteiger partial charge < -0.3 is 19.8 Å². The Morgan fingerprint density at radius 2 is 1.59 bits per heavy atom. The van der Waals surface area contributed by atoms with E-state index in [1.54, 1.807) is 0 Å². The van der Waals surface area contributed by atoms with Crippen LogP contribution in [0.3, 0.4) is 0 Å². The number of aromatic nitrogens is 1. The zero-order valence-corrected chi connectivity index (χ0v) is 19.5. The number of nitrogens with zero attached hydrogens (tertiary/aromatic N) is 2. The van der Waals surface area contributed by atoms with Gasteiger partial charge in [0.25, 0.3) is 0 Å². The minimum Gasteiger partial charge on any atom is -0.494 e. The van der Waals surface area contributed by atoms with Crippen molar-refractivity contribution in [3.63, 3.8) is 0 Å². The number of fused-ring (bicyclic) bond motifs is 2. The van der Waals surface area contributed by atoms with Crippen LogP contribution >= 0.6 is 0 Å². The van der Waals surface area contributed by atoms with Gasteiger partial charge in [-0.2, -0.15) is 0 Å². The molecule has 2 N–H and O–H groups in total. The fourth-order valence-corrected chi connectivity index (χ4v) is 5.09. The summed E-state index contributed by atoms with van der Waals surface area (Å²) in [6.07, 6.45) is 4.33. The quantitative estimate of drug-likeness (QED) is 0.519. The summed E-state index contributed by atoms with van der Waals surface area (Å²) in [5.41, 5.74) is 4.20. The largest absolute Gasteiger partial charge is 0.494 e. The highest BCUT2D eigenvalue weighted by Gasteiger charge is 2.57. The molecule has 1 unspecified atom stereocenters. The number of rotatable bonds is 1. The molecule has 1 aromatic heterocycles. The summed E-state index contributed by atoms with van der Waals surface area (Å²) in [7, 11) is 2.05. The minimum absolute atomic E-state index is 0.00119. The summed E-state index contributed by atoms with van der Waals surface area (Å²) in [4.78, 5) is 2.18. The van der Waals surface area contributed by atoms with Crippen LogP contribution in [0.15, 0.2) is 54.6 Å². The molecule has 1 atom stereocenters. The van der Waals surface area contributed by atoms with Gasteiger partial charge in [-0.25, -0.2) is 0 Å². The Labute approximate surface area is 189 Å². The van der Waals surface area contributed by atoms with Crippen LogP contribution < -0.4 is 9.64 Å².